The number of nitrogens with zero attached hydrogens (tertiary/aromatic N) is 2. The summed E-state index contributed by atoms with van der Waals surface area (Å²) in [6, 6.07) is 6.73. The van der Waals surface area contributed by atoms with Crippen LogP contribution in [0.3, 0.4) is 0 Å². The molecule has 0 spiro atoms. The number of halogens is 1. The maximum absolute atomic E-state index is 12.3. The Kier molecular flexibility index (Phi) is 4.82. The van der Waals surface area contributed by atoms with Crippen molar-refractivity contribution < 1.29 is 14.1 Å². The van der Waals surface area contributed by atoms with E-state index in [-0.39, 0.29) is 18.4 Å². The van der Waals surface area contributed by atoms with E-state index in [2.05, 4.69) is 10.5 Å². The van der Waals surface area contributed by atoms with Gasteiger partial charge in [-0.1, -0.05) is 16.8 Å². The molecule has 7 heteroatoms. The van der Waals surface area contributed by atoms with Gasteiger partial charge in [0.05, 0.1) is 12.2 Å². The Hall–Kier alpha value is -2.34. The average molecular weight is 322 g/mol. The number of amides is 2. The minimum Gasteiger partial charge on any atom is -0.361 e. The van der Waals surface area contributed by atoms with Crippen molar-refractivity contribution in [2.45, 2.75) is 13.8 Å². The lowest BCUT2D eigenvalue weighted by Crippen LogP contribution is -2.35. The summed E-state index contributed by atoms with van der Waals surface area (Å²) in [5.41, 5.74) is 1.52. The van der Waals surface area contributed by atoms with Gasteiger partial charge < -0.3 is 14.7 Å². The summed E-state index contributed by atoms with van der Waals surface area (Å²) in [4.78, 5) is 25.6. The van der Waals surface area contributed by atoms with Gasteiger partial charge in [-0.2, -0.15) is 0 Å². The summed E-state index contributed by atoms with van der Waals surface area (Å²) in [6.07, 6.45) is 0. The predicted octanol–water partition coefficient (Wildman–Crippen LogP) is 2.66. The highest BCUT2D eigenvalue weighted by molar-refractivity contribution is 6.30. The summed E-state index contributed by atoms with van der Waals surface area (Å²) in [5, 5.41) is 7.02. The molecular formula is C15H16ClN3O3. The van der Waals surface area contributed by atoms with E-state index in [0.29, 0.717) is 27.7 Å². The van der Waals surface area contributed by atoms with Crippen LogP contribution in [0.5, 0.6) is 0 Å². The van der Waals surface area contributed by atoms with E-state index >= 15 is 0 Å². The van der Waals surface area contributed by atoms with Crippen molar-refractivity contribution in [2.24, 2.45) is 0 Å². The standard InChI is InChI=1S/C15H16ClN3O3/c1-9-14(10(2)22-18-9)15(21)19(3)8-13(20)17-12-6-4-11(16)5-7-12/h4-7H,8H2,1-3H3,(H,17,20). The molecule has 1 heterocycles. The van der Waals surface area contributed by atoms with Crippen molar-refractivity contribution in [1.29, 1.82) is 0 Å². The highest BCUT2D eigenvalue weighted by atomic mass is 35.5. The van der Waals surface area contributed by atoms with Crippen LogP contribution in [-0.4, -0.2) is 35.5 Å². The van der Waals surface area contributed by atoms with Crippen molar-refractivity contribution in [3.05, 3.63) is 46.3 Å². The van der Waals surface area contributed by atoms with E-state index in [4.69, 9.17) is 16.1 Å². The molecule has 2 amide bonds. The molecule has 1 N–H and O–H groups in total. The molecule has 1 aromatic heterocycles. The van der Waals surface area contributed by atoms with Crippen LogP contribution >= 0.6 is 11.6 Å². The number of nitrogens with one attached hydrogen (secondary N) is 1. The number of hydrogen-bond acceptors (Lipinski definition) is 4. The Bertz CT molecular complexity index is 675. The van der Waals surface area contributed by atoms with Crippen molar-refractivity contribution in [3.8, 4) is 0 Å². The fraction of sp³-hybridized carbons (Fsp3) is 0.267. The number of anilines is 1. The average Bonchev–Trinajstić information content (AvgIpc) is 2.80. The van der Waals surface area contributed by atoms with Gasteiger partial charge in [0.1, 0.15) is 11.3 Å². The Morgan fingerprint density at radius 3 is 2.45 bits per heavy atom. The largest absolute Gasteiger partial charge is 0.361 e. The lowest BCUT2D eigenvalue weighted by molar-refractivity contribution is -0.116. The number of aromatic nitrogens is 1. The number of carbonyl (C=O) groups is 2. The Labute approximate surface area is 133 Å². The second-order valence-corrected chi connectivity index (χ2v) is 5.35. The van der Waals surface area contributed by atoms with Crippen molar-refractivity contribution in [1.82, 2.24) is 10.1 Å². The van der Waals surface area contributed by atoms with Crippen LogP contribution in [0.4, 0.5) is 5.69 Å². The van der Waals surface area contributed by atoms with Gasteiger partial charge in [-0.25, -0.2) is 0 Å². The van der Waals surface area contributed by atoms with Crippen LogP contribution in [0.2, 0.25) is 5.02 Å². The molecule has 0 atom stereocenters. The third kappa shape index (κ3) is 3.65. The number of aryl methyl sites for hydroxylation is 2. The Morgan fingerprint density at radius 1 is 1.27 bits per heavy atom. The summed E-state index contributed by atoms with van der Waals surface area (Å²) < 4.78 is 4.97. The topological polar surface area (TPSA) is 75.4 Å². The van der Waals surface area contributed by atoms with Gasteiger partial charge in [-0.05, 0) is 38.1 Å². The fourth-order valence-corrected chi connectivity index (χ4v) is 2.13. The smallest absolute Gasteiger partial charge is 0.259 e. The van der Waals surface area contributed by atoms with Crippen molar-refractivity contribution in [3.63, 3.8) is 0 Å². The van der Waals surface area contributed by atoms with Gasteiger partial charge in [0.2, 0.25) is 5.91 Å². The van der Waals surface area contributed by atoms with E-state index in [0.717, 1.165) is 0 Å². The van der Waals surface area contributed by atoms with Gasteiger partial charge in [0, 0.05) is 17.8 Å². The van der Waals surface area contributed by atoms with Crippen molar-refractivity contribution >= 4 is 29.1 Å². The number of carbonyl (C=O) groups excluding carboxylic acids is 2. The molecule has 2 aromatic rings. The van der Waals surface area contributed by atoms with Crippen LogP contribution < -0.4 is 5.32 Å². The van der Waals surface area contributed by atoms with Gasteiger partial charge in [-0.3, -0.25) is 9.59 Å². The molecule has 0 saturated heterocycles. The third-order valence-corrected chi connectivity index (χ3v) is 3.35. The third-order valence-electron chi connectivity index (χ3n) is 3.10. The predicted molar refractivity (Wildman–Crippen MR) is 83.0 cm³/mol. The molecule has 0 saturated carbocycles. The molecular weight excluding hydrogens is 306 g/mol. The first-order valence-corrected chi connectivity index (χ1v) is 7.00. The minimum absolute atomic E-state index is 0.0779. The van der Waals surface area contributed by atoms with E-state index in [1.807, 2.05) is 0 Å². The van der Waals surface area contributed by atoms with Crippen LogP contribution in [0.1, 0.15) is 21.8 Å². The van der Waals surface area contributed by atoms with Crippen LogP contribution in [0.25, 0.3) is 0 Å². The molecule has 1 aromatic carbocycles. The van der Waals surface area contributed by atoms with E-state index < -0.39 is 0 Å². The molecule has 116 valence electrons. The highest BCUT2D eigenvalue weighted by Gasteiger charge is 2.22. The summed E-state index contributed by atoms with van der Waals surface area (Å²) in [6.45, 7) is 3.27. The summed E-state index contributed by atoms with van der Waals surface area (Å²) in [7, 11) is 1.55. The maximum Gasteiger partial charge on any atom is 0.259 e. The van der Waals surface area contributed by atoms with Gasteiger partial charge in [-0.15, -0.1) is 0 Å². The first-order chi connectivity index (χ1) is 10.4. The first kappa shape index (κ1) is 16.0. The summed E-state index contributed by atoms with van der Waals surface area (Å²) >= 11 is 5.78. The number of rotatable bonds is 4. The Balaban J connectivity index is 1.99. The highest BCUT2D eigenvalue weighted by Crippen LogP contribution is 2.15. The van der Waals surface area contributed by atoms with Crippen LogP contribution in [0.15, 0.2) is 28.8 Å². The molecule has 0 fully saturated rings. The molecule has 0 aliphatic heterocycles. The maximum atomic E-state index is 12.3. The fourth-order valence-electron chi connectivity index (χ4n) is 2.00. The van der Waals surface area contributed by atoms with E-state index in [1.54, 1.807) is 45.2 Å². The van der Waals surface area contributed by atoms with Gasteiger partial charge in [0.25, 0.3) is 5.91 Å². The zero-order valence-electron chi connectivity index (χ0n) is 12.5. The normalized spacial score (nSPS) is 10.4. The Morgan fingerprint density at radius 2 is 1.91 bits per heavy atom. The molecule has 0 radical (unpaired) electrons. The number of likely N-dealkylation sites (N-methyl/N-ethyl adjacent to an activating group) is 1. The molecule has 0 bridgehead atoms. The number of benzene rings is 1. The SMILES string of the molecule is Cc1noc(C)c1C(=O)N(C)CC(=O)Nc1ccc(Cl)cc1. The monoisotopic (exact) mass is 321 g/mol. The molecule has 0 aliphatic carbocycles. The minimum atomic E-state index is -0.303. The zero-order valence-corrected chi connectivity index (χ0v) is 13.3. The molecule has 6 nitrogen and oxygen atoms in total. The van der Waals surface area contributed by atoms with Crippen LogP contribution in [0, 0.1) is 13.8 Å². The molecule has 2 rings (SSSR count). The second kappa shape index (κ2) is 6.62. The zero-order chi connectivity index (χ0) is 16.3. The first-order valence-electron chi connectivity index (χ1n) is 6.62. The van der Waals surface area contributed by atoms with Gasteiger partial charge in [0.15, 0.2) is 0 Å². The molecule has 22 heavy (non-hydrogen) atoms. The van der Waals surface area contributed by atoms with Crippen LogP contribution in [-0.2, 0) is 4.79 Å². The lowest BCUT2D eigenvalue weighted by Gasteiger charge is -2.16. The lowest BCUT2D eigenvalue weighted by atomic mass is 10.2. The quantitative estimate of drug-likeness (QED) is 0.939. The molecule has 0 unspecified atom stereocenters. The summed E-state index contributed by atoms with van der Waals surface area (Å²) in [5.74, 6) is -0.167. The van der Waals surface area contributed by atoms with Gasteiger partial charge >= 0.3 is 0 Å². The van der Waals surface area contributed by atoms with E-state index in [9.17, 15) is 9.59 Å². The van der Waals surface area contributed by atoms with E-state index in [1.165, 1.54) is 4.90 Å². The molecule has 0 aliphatic rings. The van der Waals surface area contributed by atoms with Crippen molar-refractivity contribution in [2.75, 3.05) is 18.9 Å². The second-order valence-electron chi connectivity index (χ2n) is 4.92. The number of hydrogen-bond donors (Lipinski definition) is 1.